The first-order valence-corrected chi connectivity index (χ1v) is 7.54. The van der Waals surface area contributed by atoms with Crippen molar-refractivity contribution in [1.29, 1.82) is 0 Å². The summed E-state index contributed by atoms with van der Waals surface area (Å²) in [6.07, 6.45) is 0. The molecule has 0 amide bonds. The summed E-state index contributed by atoms with van der Waals surface area (Å²) in [5.74, 6) is 0.827. The normalized spacial score (nSPS) is 12.0. The second-order valence-electron chi connectivity index (χ2n) is 4.27. The zero-order chi connectivity index (χ0) is 13.8. The van der Waals surface area contributed by atoms with Crippen LogP contribution < -0.4 is 10.1 Å². The highest BCUT2D eigenvalue weighted by Crippen LogP contribution is 2.29. The molecule has 0 aliphatic heterocycles. The lowest BCUT2D eigenvalue weighted by Gasteiger charge is -2.17. The fraction of sp³-hybridized carbons (Fsp3) is 0.200. The minimum Gasteiger partial charge on any atom is -0.495 e. The Balaban J connectivity index is 2.14. The summed E-state index contributed by atoms with van der Waals surface area (Å²) >= 11 is 6.90. The Labute approximate surface area is 130 Å². The summed E-state index contributed by atoms with van der Waals surface area (Å²) in [5, 5.41) is 3.46. The van der Waals surface area contributed by atoms with Gasteiger partial charge < -0.3 is 10.1 Å². The smallest absolute Gasteiger partial charge is 0.135 e. The molecule has 19 heavy (non-hydrogen) atoms. The maximum atomic E-state index is 5.30. The van der Waals surface area contributed by atoms with Crippen molar-refractivity contribution >= 4 is 37.5 Å². The molecule has 4 heteroatoms. The first-order chi connectivity index (χ1) is 9.10. The van der Waals surface area contributed by atoms with E-state index in [-0.39, 0.29) is 6.04 Å². The molecule has 0 aliphatic rings. The van der Waals surface area contributed by atoms with Crippen molar-refractivity contribution in [2.45, 2.75) is 13.0 Å². The zero-order valence-corrected chi connectivity index (χ0v) is 14.0. The SMILES string of the molecule is COc1cc(NC(C)c2ccc(Br)cc2)ccc1Br. The molecular weight excluding hydrogens is 370 g/mol. The second-order valence-corrected chi connectivity index (χ2v) is 6.04. The van der Waals surface area contributed by atoms with Gasteiger partial charge in [0.2, 0.25) is 0 Å². The monoisotopic (exact) mass is 383 g/mol. The predicted octanol–water partition coefficient (Wildman–Crippen LogP) is 5.39. The number of rotatable bonds is 4. The minimum atomic E-state index is 0.235. The van der Waals surface area contributed by atoms with E-state index in [0.29, 0.717) is 0 Å². The van der Waals surface area contributed by atoms with Gasteiger partial charge in [0, 0.05) is 22.3 Å². The van der Waals surface area contributed by atoms with Gasteiger partial charge in [-0.3, -0.25) is 0 Å². The molecule has 0 radical (unpaired) electrons. The fourth-order valence-corrected chi connectivity index (χ4v) is 2.51. The molecule has 0 heterocycles. The van der Waals surface area contributed by atoms with Crippen LogP contribution in [0.1, 0.15) is 18.5 Å². The van der Waals surface area contributed by atoms with Crippen molar-refractivity contribution in [2.75, 3.05) is 12.4 Å². The molecule has 0 fully saturated rings. The Bertz CT molecular complexity index is 555. The van der Waals surface area contributed by atoms with E-state index >= 15 is 0 Å². The molecule has 1 unspecified atom stereocenters. The highest BCUT2D eigenvalue weighted by molar-refractivity contribution is 9.10. The molecule has 2 rings (SSSR count). The maximum absolute atomic E-state index is 5.30. The molecule has 0 saturated carbocycles. The van der Waals surface area contributed by atoms with Crippen LogP contribution in [-0.4, -0.2) is 7.11 Å². The largest absolute Gasteiger partial charge is 0.495 e. The van der Waals surface area contributed by atoms with Crippen LogP contribution in [0.5, 0.6) is 5.75 Å². The van der Waals surface area contributed by atoms with Gasteiger partial charge in [-0.1, -0.05) is 28.1 Å². The average Bonchev–Trinajstić information content (AvgIpc) is 2.41. The molecule has 2 aromatic carbocycles. The number of hydrogen-bond acceptors (Lipinski definition) is 2. The van der Waals surface area contributed by atoms with Crippen molar-refractivity contribution in [3.8, 4) is 5.75 Å². The molecule has 2 nitrogen and oxygen atoms in total. The highest BCUT2D eigenvalue weighted by Gasteiger charge is 2.07. The van der Waals surface area contributed by atoms with Gasteiger partial charge in [0.15, 0.2) is 0 Å². The molecule has 1 N–H and O–H groups in total. The van der Waals surface area contributed by atoms with Crippen LogP contribution in [0, 0.1) is 0 Å². The number of hydrogen-bond donors (Lipinski definition) is 1. The number of benzene rings is 2. The summed E-state index contributed by atoms with van der Waals surface area (Å²) in [6.45, 7) is 2.14. The first kappa shape index (κ1) is 14.4. The van der Waals surface area contributed by atoms with E-state index < -0.39 is 0 Å². The third kappa shape index (κ3) is 3.74. The summed E-state index contributed by atoms with van der Waals surface area (Å²) in [7, 11) is 1.67. The maximum Gasteiger partial charge on any atom is 0.135 e. The molecule has 1 atom stereocenters. The Morgan fingerprint density at radius 2 is 1.74 bits per heavy atom. The third-order valence-electron chi connectivity index (χ3n) is 2.90. The van der Waals surface area contributed by atoms with Gasteiger partial charge in [0.05, 0.1) is 11.6 Å². The first-order valence-electron chi connectivity index (χ1n) is 5.95. The van der Waals surface area contributed by atoms with E-state index in [1.807, 2.05) is 18.2 Å². The van der Waals surface area contributed by atoms with E-state index in [1.54, 1.807) is 7.11 Å². The van der Waals surface area contributed by atoms with Crippen LogP contribution in [-0.2, 0) is 0 Å². The molecule has 2 aromatic rings. The van der Waals surface area contributed by atoms with E-state index in [4.69, 9.17) is 4.74 Å². The van der Waals surface area contributed by atoms with Gasteiger partial charge >= 0.3 is 0 Å². The summed E-state index contributed by atoms with van der Waals surface area (Å²) in [5.41, 5.74) is 2.28. The number of nitrogens with one attached hydrogen (secondary N) is 1. The third-order valence-corrected chi connectivity index (χ3v) is 4.09. The van der Waals surface area contributed by atoms with Gasteiger partial charge in [0.1, 0.15) is 5.75 Å². The van der Waals surface area contributed by atoms with Gasteiger partial charge in [-0.25, -0.2) is 0 Å². The Morgan fingerprint density at radius 3 is 2.37 bits per heavy atom. The predicted molar refractivity (Wildman–Crippen MR) is 86.9 cm³/mol. The van der Waals surface area contributed by atoms with E-state index in [9.17, 15) is 0 Å². The minimum absolute atomic E-state index is 0.235. The highest BCUT2D eigenvalue weighted by atomic mass is 79.9. The Hall–Kier alpha value is -1.00. The summed E-state index contributed by atoms with van der Waals surface area (Å²) in [4.78, 5) is 0. The molecule has 100 valence electrons. The van der Waals surface area contributed by atoms with Gasteiger partial charge in [-0.2, -0.15) is 0 Å². The molecule has 0 aliphatic carbocycles. The zero-order valence-electron chi connectivity index (χ0n) is 10.8. The van der Waals surface area contributed by atoms with Crippen molar-refractivity contribution in [3.05, 3.63) is 57.0 Å². The van der Waals surface area contributed by atoms with Crippen molar-refractivity contribution in [3.63, 3.8) is 0 Å². The van der Waals surface area contributed by atoms with Crippen LogP contribution in [0.4, 0.5) is 5.69 Å². The summed E-state index contributed by atoms with van der Waals surface area (Å²) in [6, 6.07) is 14.6. The quantitative estimate of drug-likeness (QED) is 0.762. The number of ether oxygens (including phenoxy) is 1. The van der Waals surface area contributed by atoms with Crippen LogP contribution in [0.2, 0.25) is 0 Å². The van der Waals surface area contributed by atoms with E-state index in [0.717, 1.165) is 20.4 Å². The number of methoxy groups -OCH3 is 1. The fourth-order valence-electron chi connectivity index (χ4n) is 1.83. The van der Waals surface area contributed by atoms with Crippen molar-refractivity contribution in [1.82, 2.24) is 0 Å². The summed E-state index contributed by atoms with van der Waals surface area (Å²) < 4.78 is 7.34. The Morgan fingerprint density at radius 1 is 1.05 bits per heavy atom. The average molecular weight is 385 g/mol. The molecule has 0 aromatic heterocycles. The van der Waals surface area contributed by atoms with Gasteiger partial charge in [-0.05, 0) is 52.7 Å². The molecule has 0 saturated heterocycles. The van der Waals surface area contributed by atoms with Gasteiger partial charge in [0.25, 0.3) is 0 Å². The van der Waals surface area contributed by atoms with Crippen LogP contribution in [0.25, 0.3) is 0 Å². The lowest BCUT2D eigenvalue weighted by atomic mass is 10.1. The van der Waals surface area contributed by atoms with E-state index in [2.05, 4.69) is 68.4 Å². The lowest BCUT2D eigenvalue weighted by Crippen LogP contribution is -2.06. The Kier molecular flexibility index (Phi) is 4.88. The van der Waals surface area contributed by atoms with Crippen molar-refractivity contribution < 1.29 is 4.74 Å². The molecular formula is C15H15Br2NO. The lowest BCUT2D eigenvalue weighted by molar-refractivity contribution is 0.412. The van der Waals surface area contributed by atoms with Crippen LogP contribution in [0.3, 0.4) is 0 Å². The number of halogens is 2. The molecule has 0 bridgehead atoms. The second kappa shape index (κ2) is 6.44. The van der Waals surface area contributed by atoms with Crippen LogP contribution in [0.15, 0.2) is 51.4 Å². The van der Waals surface area contributed by atoms with Gasteiger partial charge in [-0.15, -0.1) is 0 Å². The van der Waals surface area contributed by atoms with E-state index in [1.165, 1.54) is 5.56 Å². The van der Waals surface area contributed by atoms with Crippen LogP contribution >= 0.6 is 31.9 Å². The van der Waals surface area contributed by atoms with Crippen molar-refractivity contribution in [2.24, 2.45) is 0 Å². The standard InChI is InChI=1S/C15H15Br2NO/c1-10(11-3-5-12(16)6-4-11)18-13-7-8-14(17)15(9-13)19-2/h3-10,18H,1-2H3. The number of anilines is 1. The topological polar surface area (TPSA) is 21.3 Å². The molecule has 0 spiro atoms.